The Balaban J connectivity index is 1.81. The van der Waals surface area contributed by atoms with Crippen molar-refractivity contribution in [2.24, 2.45) is 0 Å². The van der Waals surface area contributed by atoms with E-state index in [9.17, 15) is 9.18 Å². The first-order valence-corrected chi connectivity index (χ1v) is 7.07. The van der Waals surface area contributed by atoms with E-state index in [-0.39, 0.29) is 16.8 Å². The minimum Gasteiger partial charge on any atom is -0.325 e. The average Bonchev–Trinajstić information content (AvgIpc) is 2.50. The normalized spacial score (nSPS) is 17.1. The molecular formula is C16H14ClFN2O. The van der Waals surface area contributed by atoms with E-state index in [4.69, 9.17) is 11.6 Å². The number of amides is 1. The molecule has 108 valence electrons. The smallest absolute Gasteiger partial charge is 0.233 e. The van der Waals surface area contributed by atoms with Gasteiger partial charge >= 0.3 is 0 Å². The summed E-state index contributed by atoms with van der Waals surface area (Å²) in [5, 5.41) is 6.02. The van der Waals surface area contributed by atoms with Gasteiger partial charge in [-0.2, -0.15) is 0 Å². The fourth-order valence-corrected chi connectivity index (χ4v) is 2.71. The van der Waals surface area contributed by atoms with E-state index in [1.54, 1.807) is 0 Å². The third-order valence-corrected chi connectivity index (χ3v) is 3.89. The van der Waals surface area contributed by atoms with Crippen molar-refractivity contribution in [2.45, 2.75) is 12.5 Å². The van der Waals surface area contributed by atoms with Crippen molar-refractivity contribution in [3.05, 3.63) is 64.4 Å². The molecule has 0 saturated heterocycles. The van der Waals surface area contributed by atoms with E-state index in [0.717, 1.165) is 17.7 Å². The Bertz CT molecular complexity index is 690. The van der Waals surface area contributed by atoms with Gasteiger partial charge in [-0.05, 0) is 29.3 Å². The van der Waals surface area contributed by atoms with Crippen LogP contribution in [-0.2, 0) is 11.3 Å². The molecule has 0 spiro atoms. The van der Waals surface area contributed by atoms with Gasteiger partial charge in [-0.3, -0.25) is 4.79 Å². The molecule has 2 aromatic rings. The Labute approximate surface area is 127 Å². The first-order valence-electron chi connectivity index (χ1n) is 6.69. The predicted octanol–water partition coefficient (Wildman–Crippen LogP) is 3.30. The van der Waals surface area contributed by atoms with Gasteiger partial charge in [0.2, 0.25) is 5.91 Å². The van der Waals surface area contributed by atoms with Crippen LogP contribution in [0.5, 0.6) is 0 Å². The van der Waals surface area contributed by atoms with Gasteiger partial charge in [-0.15, -0.1) is 0 Å². The van der Waals surface area contributed by atoms with Crippen LogP contribution < -0.4 is 10.6 Å². The van der Waals surface area contributed by atoms with E-state index < -0.39 is 5.82 Å². The molecule has 3 nitrogen and oxygen atoms in total. The summed E-state index contributed by atoms with van der Waals surface area (Å²) in [5.74, 6) is -0.893. The molecule has 0 aliphatic carbocycles. The monoisotopic (exact) mass is 304 g/mol. The van der Waals surface area contributed by atoms with E-state index >= 15 is 0 Å². The standard InChI is InChI=1S/C16H14ClFN2O/c17-14-7-11(5-6-15(14)18)20-16(21)13-9-19-8-10-3-1-2-4-12(10)13/h1-7,13,19H,8-9H2,(H,20,21). The molecule has 5 heteroatoms. The van der Waals surface area contributed by atoms with Gasteiger partial charge in [0.25, 0.3) is 0 Å². The summed E-state index contributed by atoms with van der Waals surface area (Å²) in [7, 11) is 0. The average molecular weight is 305 g/mol. The molecule has 1 aliphatic rings. The number of anilines is 1. The molecule has 2 N–H and O–H groups in total. The molecule has 0 saturated carbocycles. The summed E-state index contributed by atoms with van der Waals surface area (Å²) >= 11 is 5.73. The zero-order valence-electron chi connectivity index (χ0n) is 11.2. The van der Waals surface area contributed by atoms with Crippen LogP contribution in [0.1, 0.15) is 17.0 Å². The summed E-state index contributed by atoms with van der Waals surface area (Å²) in [4.78, 5) is 12.4. The summed E-state index contributed by atoms with van der Waals surface area (Å²) in [5.41, 5.74) is 2.65. The van der Waals surface area contributed by atoms with E-state index in [1.165, 1.54) is 18.2 Å². The molecule has 0 bridgehead atoms. The fraction of sp³-hybridized carbons (Fsp3) is 0.188. The predicted molar refractivity (Wildman–Crippen MR) is 80.9 cm³/mol. The second-order valence-corrected chi connectivity index (χ2v) is 5.41. The van der Waals surface area contributed by atoms with E-state index in [0.29, 0.717) is 12.2 Å². The quantitative estimate of drug-likeness (QED) is 0.894. The van der Waals surface area contributed by atoms with Gasteiger partial charge in [0.1, 0.15) is 5.82 Å². The largest absolute Gasteiger partial charge is 0.325 e. The fourth-order valence-electron chi connectivity index (χ4n) is 2.53. The molecule has 2 aromatic carbocycles. The van der Waals surface area contributed by atoms with Crippen molar-refractivity contribution in [3.8, 4) is 0 Å². The Morgan fingerprint density at radius 1 is 1.29 bits per heavy atom. The minimum atomic E-state index is -0.501. The molecule has 1 aliphatic heterocycles. The number of rotatable bonds is 2. The molecule has 0 radical (unpaired) electrons. The van der Waals surface area contributed by atoms with Crippen molar-refractivity contribution < 1.29 is 9.18 Å². The number of carbonyl (C=O) groups is 1. The lowest BCUT2D eigenvalue weighted by Gasteiger charge is -2.25. The first-order chi connectivity index (χ1) is 10.1. The van der Waals surface area contributed by atoms with Crippen LogP contribution >= 0.6 is 11.6 Å². The maximum absolute atomic E-state index is 13.1. The molecule has 0 fully saturated rings. The van der Waals surface area contributed by atoms with E-state index in [1.807, 2.05) is 24.3 Å². The Morgan fingerprint density at radius 2 is 2.10 bits per heavy atom. The van der Waals surface area contributed by atoms with Crippen LogP contribution in [0.2, 0.25) is 5.02 Å². The lowest BCUT2D eigenvalue weighted by molar-refractivity contribution is -0.117. The van der Waals surface area contributed by atoms with Gasteiger partial charge in [-0.1, -0.05) is 35.9 Å². The zero-order chi connectivity index (χ0) is 14.8. The van der Waals surface area contributed by atoms with Crippen LogP contribution in [0.25, 0.3) is 0 Å². The van der Waals surface area contributed by atoms with Gasteiger partial charge in [0.15, 0.2) is 0 Å². The van der Waals surface area contributed by atoms with Crippen LogP contribution in [0.4, 0.5) is 10.1 Å². The summed E-state index contributed by atoms with van der Waals surface area (Å²) in [6, 6.07) is 12.0. The highest BCUT2D eigenvalue weighted by Gasteiger charge is 2.26. The molecule has 3 rings (SSSR count). The lowest BCUT2D eigenvalue weighted by Crippen LogP contribution is -2.35. The Kier molecular flexibility index (Phi) is 3.90. The highest BCUT2D eigenvalue weighted by molar-refractivity contribution is 6.31. The van der Waals surface area contributed by atoms with Gasteiger partial charge < -0.3 is 10.6 Å². The molecule has 1 atom stereocenters. The summed E-state index contributed by atoms with van der Waals surface area (Å²) in [6.07, 6.45) is 0. The lowest BCUT2D eigenvalue weighted by atomic mass is 9.90. The van der Waals surface area contributed by atoms with Crippen molar-refractivity contribution >= 4 is 23.2 Å². The van der Waals surface area contributed by atoms with Crippen molar-refractivity contribution in [1.29, 1.82) is 0 Å². The number of nitrogens with one attached hydrogen (secondary N) is 2. The van der Waals surface area contributed by atoms with Crippen LogP contribution in [0, 0.1) is 5.82 Å². The third kappa shape index (κ3) is 2.91. The number of hydrogen-bond acceptors (Lipinski definition) is 2. The number of carbonyl (C=O) groups excluding carboxylic acids is 1. The van der Waals surface area contributed by atoms with Crippen molar-refractivity contribution in [1.82, 2.24) is 5.32 Å². The molecule has 1 heterocycles. The second kappa shape index (κ2) is 5.84. The number of hydrogen-bond donors (Lipinski definition) is 2. The molecule has 21 heavy (non-hydrogen) atoms. The maximum Gasteiger partial charge on any atom is 0.233 e. The summed E-state index contributed by atoms with van der Waals surface area (Å²) < 4.78 is 13.1. The Morgan fingerprint density at radius 3 is 2.90 bits per heavy atom. The molecule has 0 aromatic heterocycles. The number of halogens is 2. The van der Waals surface area contributed by atoms with Gasteiger partial charge in [0.05, 0.1) is 10.9 Å². The summed E-state index contributed by atoms with van der Waals surface area (Å²) in [6.45, 7) is 1.35. The molecular weight excluding hydrogens is 291 g/mol. The number of benzene rings is 2. The second-order valence-electron chi connectivity index (χ2n) is 5.00. The Hall–Kier alpha value is -1.91. The van der Waals surface area contributed by atoms with Crippen LogP contribution in [0.3, 0.4) is 0 Å². The van der Waals surface area contributed by atoms with Gasteiger partial charge in [0, 0.05) is 18.8 Å². The minimum absolute atomic E-state index is 0.00466. The van der Waals surface area contributed by atoms with Crippen LogP contribution in [0.15, 0.2) is 42.5 Å². The maximum atomic E-state index is 13.1. The van der Waals surface area contributed by atoms with Crippen molar-refractivity contribution in [3.63, 3.8) is 0 Å². The molecule has 1 amide bonds. The topological polar surface area (TPSA) is 41.1 Å². The SMILES string of the molecule is O=C(Nc1ccc(F)c(Cl)c1)C1CNCc2ccccc21. The van der Waals surface area contributed by atoms with Crippen molar-refractivity contribution in [2.75, 3.05) is 11.9 Å². The van der Waals surface area contributed by atoms with Gasteiger partial charge in [-0.25, -0.2) is 4.39 Å². The molecule has 1 unspecified atom stereocenters. The first kappa shape index (κ1) is 14.0. The number of fused-ring (bicyclic) bond motifs is 1. The highest BCUT2D eigenvalue weighted by Crippen LogP contribution is 2.26. The highest BCUT2D eigenvalue weighted by atomic mass is 35.5. The van der Waals surface area contributed by atoms with E-state index in [2.05, 4.69) is 10.6 Å². The van der Waals surface area contributed by atoms with Crippen LogP contribution in [-0.4, -0.2) is 12.5 Å². The zero-order valence-corrected chi connectivity index (χ0v) is 12.0. The third-order valence-electron chi connectivity index (χ3n) is 3.60.